The highest BCUT2D eigenvalue weighted by atomic mass is 16.5. The van der Waals surface area contributed by atoms with Crippen LogP contribution in [0.15, 0.2) is 49.1 Å². The maximum atomic E-state index is 12.4. The Morgan fingerprint density at radius 1 is 1.30 bits per heavy atom. The number of amides is 1. The van der Waals surface area contributed by atoms with Crippen LogP contribution in [0.1, 0.15) is 38.7 Å². The summed E-state index contributed by atoms with van der Waals surface area (Å²) in [5.74, 6) is -0.343. The molecular weight excluding hydrogens is 340 g/mol. The molecule has 1 aliphatic heterocycles. The number of carbonyl (C=O) groups is 2. The number of ether oxygens (including phenoxy) is 1. The van der Waals surface area contributed by atoms with Crippen molar-refractivity contribution < 1.29 is 14.3 Å². The molecule has 1 aromatic carbocycles. The molecule has 27 heavy (non-hydrogen) atoms. The van der Waals surface area contributed by atoms with Gasteiger partial charge in [0.1, 0.15) is 0 Å². The van der Waals surface area contributed by atoms with Crippen LogP contribution in [0.25, 0.3) is 5.70 Å². The average molecular weight is 373 g/mol. The van der Waals surface area contributed by atoms with E-state index in [1.807, 2.05) is 44.2 Å². The summed E-state index contributed by atoms with van der Waals surface area (Å²) in [6, 6.07) is 10.1. The van der Waals surface area contributed by atoms with Gasteiger partial charge in [-0.05, 0) is 24.8 Å². The Bertz CT molecular complexity index is 626. The van der Waals surface area contributed by atoms with E-state index in [1.165, 1.54) is 13.2 Å². The summed E-state index contributed by atoms with van der Waals surface area (Å²) < 4.78 is 4.52. The molecule has 1 heterocycles. The minimum Gasteiger partial charge on any atom is -0.466 e. The SMILES string of the molecule is C=C(c1ccccc1)N1CCC[C@H](C(=O)NCC/C=C/C(=O)OC)C1.CC. The van der Waals surface area contributed by atoms with Crippen LogP contribution in [0.3, 0.4) is 0 Å². The largest absolute Gasteiger partial charge is 0.466 e. The lowest BCUT2D eigenvalue weighted by Crippen LogP contribution is -2.42. The van der Waals surface area contributed by atoms with Crippen LogP contribution in [0.4, 0.5) is 0 Å². The molecule has 0 radical (unpaired) electrons. The van der Waals surface area contributed by atoms with E-state index in [0.29, 0.717) is 19.5 Å². The molecule has 0 aliphatic carbocycles. The van der Waals surface area contributed by atoms with Gasteiger partial charge >= 0.3 is 5.97 Å². The normalized spacial score (nSPS) is 16.3. The molecule has 1 fully saturated rings. The summed E-state index contributed by atoms with van der Waals surface area (Å²) >= 11 is 0. The quantitative estimate of drug-likeness (QED) is 0.451. The molecule has 5 nitrogen and oxygen atoms in total. The number of benzene rings is 1. The predicted molar refractivity (Wildman–Crippen MR) is 110 cm³/mol. The first-order valence-corrected chi connectivity index (χ1v) is 9.63. The molecule has 0 spiro atoms. The van der Waals surface area contributed by atoms with Crippen molar-refractivity contribution in [2.75, 3.05) is 26.7 Å². The van der Waals surface area contributed by atoms with Gasteiger partial charge in [-0.1, -0.05) is 56.8 Å². The number of nitrogens with one attached hydrogen (secondary N) is 1. The van der Waals surface area contributed by atoms with Crippen LogP contribution in [0, 0.1) is 5.92 Å². The molecule has 1 aromatic rings. The van der Waals surface area contributed by atoms with Crippen LogP contribution < -0.4 is 5.32 Å². The van der Waals surface area contributed by atoms with E-state index in [9.17, 15) is 9.59 Å². The second-order valence-corrected chi connectivity index (χ2v) is 6.10. The maximum absolute atomic E-state index is 12.4. The van der Waals surface area contributed by atoms with Crippen LogP contribution in [0.5, 0.6) is 0 Å². The Kier molecular flexibility index (Phi) is 10.6. The number of rotatable bonds is 7. The van der Waals surface area contributed by atoms with Crippen LogP contribution in [0.2, 0.25) is 0 Å². The van der Waals surface area contributed by atoms with Gasteiger partial charge in [0.2, 0.25) is 5.91 Å². The van der Waals surface area contributed by atoms with Gasteiger partial charge in [0.25, 0.3) is 0 Å². The first-order valence-electron chi connectivity index (χ1n) is 9.63. The third-order valence-electron chi connectivity index (χ3n) is 4.35. The summed E-state index contributed by atoms with van der Waals surface area (Å²) in [7, 11) is 1.34. The van der Waals surface area contributed by atoms with Crippen molar-refractivity contribution in [3.8, 4) is 0 Å². The number of carbonyl (C=O) groups excluding carboxylic acids is 2. The lowest BCUT2D eigenvalue weighted by Gasteiger charge is -2.35. The molecule has 0 saturated carbocycles. The topological polar surface area (TPSA) is 58.6 Å². The number of hydrogen-bond acceptors (Lipinski definition) is 4. The van der Waals surface area contributed by atoms with Gasteiger partial charge in [-0.3, -0.25) is 4.79 Å². The highest BCUT2D eigenvalue weighted by molar-refractivity contribution is 5.81. The van der Waals surface area contributed by atoms with E-state index < -0.39 is 0 Å². The number of likely N-dealkylation sites (tertiary alicyclic amines) is 1. The minimum absolute atomic E-state index is 0.0289. The number of hydrogen-bond donors (Lipinski definition) is 1. The lowest BCUT2D eigenvalue weighted by atomic mass is 9.96. The molecule has 148 valence electrons. The Hall–Kier alpha value is -2.56. The fourth-order valence-electron chi connectivity index (χ4n) is 2.92. The molecule has 5 heteroatoms. The fourth-order valence-corrected chi connectivity index (χ4v) is 2.92. The zero-order valence-corrected chi connectivity index (χ0v) is 16.7. The zero-order chi connectivity index (χ0) is 20.1. The van der Waals surface area contributed by atoms with Crippen LogP contribution >= 0.6 is 0 Å². The van der Waals surface area contributed by atoms with E-state index in [0.717, 1.165) is 30.6 Å². The van der Waals surface area contributed by atoms with Crippen molar-refractivity contribution in [3.05, 3.63) is 54.6 Å². The van der Waals surface area contributed by atoms with Crippen LogP contribution in [-0.2, 0) is 14.3 Å². The Labute approximate surface area is 163 Å². The number of piperidine rings is 1. The monoisotopic (exact) mass is 372 g/mol. The highest BCUT2D eigenvalue weighted by Crippen LogP contribution is 2.24. The maximum Gasteiger partial charge on any atom is 0.330 e. The Morgan fingerprint density at radius 2 is 2.00 bits per heavy atom. The molecule has 1 amide bonds. The van der Waals surface area contributed by atoms with Gasteiger partial charge in [-0.2, -0.15) is 0 Å². The Balaban J connectivity index is 0.00000176. The standard InChI is InChI=1S/C20H26N2O3.C2H6/c1-16(17-9-4-3-5-10-17)22-14-8-11-18(15-22)20(24)21-13-7-6-12-19(23)25-2;1-2/h3-6,9-10,12,18H,1,7-8,11,13-15H2,2H3,(H,21,24);1-2H3/b12-6+;/t18-;/m0./s1. The first-order chi connectivity index (χ1) is 13.1. The van der Waals surface area contributed by atoms with Crippen molar-refractivity contribution in [1.82, 2.24) is 10.2 Å². The molecule has 0 bridgehead atoms. The van der Waals surface area contributed by atoms with Gasteiger partial charge < -0.3 is 15.0 Å². The van der Waals surface area contributed by atoms with Crippen molar-refractivity contribution in [2.24, 2.45) is 5.92 Å². The summed E-state index contributed by atoms with van der Waals surface area (Å²) in [6.45, 7) is 10.3. The molecule has 1 atom stereocenters. The summed E-state index contributed by atoms with van der Waals surface area (Å²) in [4.78, 5) is 25.5. The smallest absolute Gasteiger partial charge is 0.330 e. The minimum atomic E-state index is -0.381. The van der Waals surface area contributed by atoms with Crippen molar-refractivity contribution in [3.63, 3.8) is 0 Å². The second-order valence-electron chi connectivity index (χ2n) is 6.10. The molecular formula is C22H32N2O3. The van der Waals surface area contributed by atoms with E-state index >= 15 is 0 Å². The van der Waals surface area contributed by atoms with E-state index in [2.05, 4.69) is 21.5 Å². The predicted octanol–water partition coefficient (Wildman–Crippen LogP) is 3.63. The van der Waals surface area contributed by atoms with Crippen LogP contribution in [-0.4, -0.2) is 43.5 Å². The number of esters is 1. The number of methoxy groups -OCH3 is 1. The number of nitrogens with zero attached hydrogens (tertiary/aromatic N) is 1. The molecule has 1 saturated heterocycles. The summed E-state index contributed by atoms with van der Waals surface area (Å²) in [5, 5.41) is 2.94. The molecule has 2 rings (SSSR count). The highest BCUT2D eigenvalue weighted by Gasteiger charge is 2.26. The Morgan fingerprint density at radius 3 is 2.67 bits per heavy atom. The van der Waals surface area contributed by atoms with E-state index in [-0.39, 0.29) is 17.8 Å². The zero-order valence-electron chi connectivity index (χ0n) is 16.7. The van der Waals surface area contributed by atoms with Crippen molar-refractivity contribution in [2.45, 2.75) is 33.1 Å². The van der Waals surface area contributed by atoms with Gasteiger partial charge in [0, 0.05) is 31.4 Å². The third-order valence-corrected chi connectivity index (χ3v) is 4.35. The summed E-state index contributed by atoms with van der Waals surface area (Å²) in [5.41, 5.74) is 2.07. The first kappa shape index (κ1) is 22.5. The molecule has 0 aromatic heterocycles. The van der Waals surface area contributed by atoms with Gasteiger partial charge in [0.05, 0.1) is 13.0 Å². The average Bonchev–Trinajstić information content (AvgIpc) is 2.74. The van der Waals surface area contributed by atoms with Crippen molar-refractivity contribution in [1.29, 1.82) is 0 Å². The molecule has 1 N–H and O–H groups in total. The lowest BCUT2D eigenvalue weighted by molar-refractivity contribution is -0.134. The second kappa shape index (κ2) is 12.7. The van der Waals surface area contributed by atoms with Gasteiger partial charge in [-0.15, -0.1) is 0 Å². The summed E-state index contributed by atoms with van der Waals surface area (Å²) in [6.07, 6.45) is 5.55. The van der Waals surface area contributed by atoms with E-state index in [4.69, 9.17) is 0 Å². The fraction of sp³-hybridized carbons (Fsp3) is 0.455. The molecule has 1 aliphatic rings. The van der Waals surface area contributed by atoms with Gasteiger partial charge in [0.15, 0.2) is 0 Å². The third kappa shape index (κ3) is 7.69. The van der Waals surface area contributed by atoms with Crippen molar-refractivity contribution >= 4 is 17.6 Å². The van der Waals surface area contributed by atoms with Gasteiger partial charge in [-0.25, -0.2) is 4.79 Å². The molecule has 0 unspecified atom stereocenters. The van der Waals surface area contributed by atoms with E-state index in [1.54, 1.807) is 6.08 Å².